The number of aliphatic hydroxyl groups excluding tert-OH is 8. The third-order valence-electron chi connectivity index (χ3n) is 10.3. The van der Waals surface area contributed by atoms with E-state index in [4.69, 9.17) is 28.4 Å². The topological polar surface area (TPSA) is 268 Å². The first-order valence-corrected chi connectivity index (χ1v) is 21.6. The Hall–Kier alpha value is -2.65. The van der Waals surface area contributed by atoms with Gasteiger partial charge in [0.1, 0.15) is 61.7 Å². The second-order valence-electron chi connectivity index (χ2n) is 15.4. The Balaban J connectivity index is 1.91. The molecule has 2 aliphatic heterocycles. The van der Waals surface area contributed by atoms with Crippen molar-refractivity contribution in [2.75, 3.05) is 26.4 Å². The number of aliphatic hydroxyl groups is 8. The van der Waals surface area contributed by atoms with Crippen LogP contribution in [0.4, 0.5) is 0 Å². The highest BCUT2D eigenvalue weighted by Gasteiger charge is 2.47. The van der Waals surface area contributed by atoms with Gasteiger partial charge in [-0.05, 0) is 25.3 Å². The maximum absolute atomic E-state index is 12.9. The third kappa shape index (κ3) is 21.4. The zero-order valence-corrected chi connectivity index (χ0v) is 35.1. The molecule has 0 aromatic heterocycles. The molecule has 2 fully saturated rings. The molecule has 0 amide bonds. The molecule has 2 saturated heterocycles. The molecule has 60 heavy (non-hydrogen) atoms. The summed E-state index contributed by atoms with van der Waals surface area (Å²) >= 11 is 0. The minimum atomic E-state index is -1.80. The van der Waals surface area contributed by atoms with Gasteiger partial charge in [0.2, 0.25) is 0 Å². The molecule has 17 nitrogen and oxygen atoms in total. The third-order valence-corrected chi connectivity index (χ3v) is 10.3. The lowest BCUT2D eigenvalue weighted by molar-refractivity contribution is -0.332. The zero-order chi connectivity index (χ0) is 44.1. The van der Waals surface area contributed by atoms with E-state index in [1.807, 2.05) is 0 Å². The van der Waals surface area contributed by atoms with Gasteiger partial charge in [-0.2, -0.15) is 0 Å². The first-order valence-electron chi connectivity index (χ1n) is 21.6. The molecule has 8 N–H and O–H groups in total. The molecule has 0 radical (unpaired) electrons. The van der Waals surface area contributed by atoms with Crippen molar-refractivity contribution in [1.82, 2.24) is 0 Å². The Morgan fingerprint density at radius 2 is 1.12 bits per heavy atom. The average molecular weight is 861 g/mol. The zero-order valence-electron chi connectivity index (χ0n) is 35.1. The number of esters is 2. The van der Waals surface area contributed by atoms with Gasteiger partial charge in [0.05, 0.1) is 25.9 Å². The second kappa shape index (κ2) is 32.1. The van der Waals surface area contributed by atoms with Crippen LogP contribution in [0.2, 0.25) is 0 Å². The van der Waals surface area contributed by atoms with E-state index in [0.717, 1.165) is 25.7 Å². The Morgan fingerprint density at radius 3 is 1.72 bits per heavy atom. The standard InChI is InChI=1S/C43H72O17/c1-2-3-4-5-6-7-8-9-10-11-12-15-18-23-35(48)58-31(27-55-34(47)24-20-22-30(46)21-17-14-13-16-19-25-44)28-56-42-41(54)39(52)37(50)33(60-42)29-57-43-40(53)38(51)36(49)32(26-45)59-43/h13-14,16-17,19,21,25,30-33,36-43,45-46,49-54H,2-12,15,18,20,22-24,26-29H2,1H3/b14-13+,19-16+,21-17+. The van der Waals surface area contributed by atoms with Crippen molar-refractivity contribution in [3.63, 3.8) is 0 Å². The molecule has 0 aliphatic carbocycles. The van der Waals surface area contributed by atoms with E-state index in [2.05, 4.69) is 6.92 Å². The van der Waals surface area contributed by atoms with Crippen molar-refractivity contribution in [3.05, 3.63) is 36.5 Å². The lowest BCUT2D eigenvalue weighted by atomic mass is 9.98. The van der Waals surface area contributed by atoms with Gasteiger partial charge in [-0.25, -0.2) is 0 Å². The normalized spacial score (nSPS) is 28.4. The molecular weight excluding hydrogens is 788 g/mol. The number of hydrogen-bond donors (Lipinski definition) is 8. The van der Waals surface area contributed by atoms with Gasteiger partial charge in [-0.3, -0.25) is 14.4 Å². The molecule has 0 aromatic carbocycles. The number of carbonyl (C=O) groups excluding carboxylic acids is 3. The van der Waals surface area contributed by atoms with Crippen molar-refractivity contribution in [2.24, 2.45) is 0 Å². The molecule has 12 unspecified atom stereocenters. The summed E-state index contributed by atoms with van der Waals surface area (Å²) in [5.41, 5.74) is 0. The summed E-state index contributed by atoms with van der Waals surface area (Å²) in [5.74, 6) is -1.18. The molecule has 346 valence electrons. The van der Waals surface area contributed by atoms with Crippen LogP contribution in [0, 0.1) is 0 Å². The highest BCUT2D eigenvalue weighted by atomic mass is 16.7. The summed E-state index contributed by atoms with van der Waals surface area (Å²) < 4.78 is 33.1. The molecule has 12 atom stereocenters. The van der Waals surface area contributed by atoms with Crippen LogP contribution in [0.1, 0.15) is 116 Å². The van der Waals surface area contributed by atoms with Crippen LogP contribution in [-0.2, 0) is 42.8 Å². The Labute approximate surface area is 354 Å². The number of rotatable bonds is 32. The smallest absolute Gasteiger partial charge is 0.306 e. The van der Waals surface area contributed by atoms with Crippen molar-refractivity contribution in [1.29, 1.82) is 0 Å². The maximum Gasteiger partial charge on any atom is 0.306 e. The van der Waals surface area contributed by atoms with Crippen LogP contribution in [0.25, 0.3) is 0 Å². The van der Waals surface area contributed by atoms with E-state index in [-0.39, 0.29) is 25.7 Å². The van der Waals surface area contributed by atoms with Crippen LogP contribution < -0.4 is 0 Å². The van der Waals surface area contributed by atoms with Gasteiger partial charge in [0, 0.05) is 12.8 Å². The van der Waals surface area contributed by atoms with Crippen LogP contribution in [0.3, 0.4) is 0 Å². The molecule has 2 rings (SSSR count). The highest BCUT2D eigenvalue weighted by molar-refractivity contribution is 5.70. The molecule has 0 bridgehead atoms. The fourth-order valence-corrected chi connectivity index (χ4v) is 6.68. The van der Waals surface area contributed by atoms with Crippen LogP contribution in [-0.4, -0.2) is 159 Å². The Bertz CT molecular complexity index is 1240. The summed E-state index contributed by atoms with van der Waals surface area (Å²) in [6.07, 6.45) is 7.18. The molecule has 2 aliphatic rings. The van der Waals surface area contributed by atoms with Crippen LogP contribution in [0.5, 0.6) is 0 Å². The van der Waals surface area contributed by atoms with Crippen molar-refractivity contribution in [2.45, 2.75) is 190 Å². The SMILES string of the molecule is CCCCCCCCCCCCCCCC(=O)OC(COC(=O)CCCC(O)/C=C/C=C/C=C/C=O)COC1OC(COC2OC(CO)C(O)C(O)C2O)C(O)C(O)C1O. The van der Waals surface area contributed by atoms with E-state index >= 15 is 0 Å². The van der Waals surface area contributed by atoms with Gasteiger partial charge >= 0.3 is 11.9 Å². The molecule has 0 aromatic rings. The predicted octanol–water partition coefficient (Wildman–Crippen LogP) is 1.96. The lowest BCUT2D eigenvalue weighted by Gasteiger charge is -2.42. The van der Waals surface area contributed by atoms with Crippen LogP contribution in [0.15, 0.2) is 36.5 Å². The number of allylic oxidation sites excluding steroid dienone is 5. The van der Waals surface area contributed by atoms with Crippen LogP contribution >= 0.6 is 0 Å². The summed E-state index contributed by atoms with van der Waals surface area (Å²) in [6.45, 7) is 0.0803. The molecule has 0 saturated carbocycles. The highest BCUT2D eigenvalue weighted by Crippen LogP contribution is 2.26. The number of hydrogen-bond acceptors (Lipinski definition) is 17. The fraction of sp³-hybridized carbons (Fsp3) is 0.791. The van der Waals surface area contributed by atoms with E-state index in [1.54, 1.807) is 18.2 Å². The van der Waals surface area contributed by atoms with Crippen molar-refractivity contribution < 1.29 is 83.7 Å². The molecule has 0 spiro atoms. The van der Waals surface area contributed by atoms with Gasteiger partial charge < -0.3 is 69.3 Å². The Morgan fingerprint density at radius 1 is 0.600 bits per heavy atom. The minimum absolute atomic E-state index is 0.0477. The van der Waals surface area contributed by atoms with E-state index in [0.29, 0.717) is 12.7 Å². The number of ether oxygens (including phenoxy) is 6. The largest absolute Gasteiger partial charge is 0.462 e. The van der Waals surface area contributed by atoms with E-state index < -0.39 is 112 Å². The number of aldehydes is 1. The summed E-state index contributed by atoms with van der Waals surface area (Å²) in [4.78, 5) is 35.8. The fourth-order valence-electron chi connectivity index (χ4n) is 6.68. The minimum Gasteiger partial charge on any atom is -0.462 e. The summed E-state index contributed by atoms with van der Waals surface area (Å²) in [7, 11) is 0. The first-order chi connectivity index (χ1) is 28.9. The average Bonchev–Trinajstić information content (AvgIpc) is 3.23. The molecule has 2 heterocycles. The first kappa shape index (κ1) is 53.5. The quantitative estimate of drug-likeness (QED) is 0.0158. The second-order valence-corrected chi connectivity index (χ2v) is 15.4. The molecule has 17 heteroatoms. The van der Waals surface area contributed by atoms with E-state index in [1.165, 1.54) is 69.6 Å². The molecular formula is C43H72O17. The van der Waals surface area contributed by atoms with E-state index in [9.17, 15) is 55.2 Å². The number of unbranched alkanes of at least 4 members (excludes halogenated alkanes) is 12. The number of carbonyl (C=O) groups is 3. The van der Waals surface area contributed by atoms with Gasteiger partial charge in [-0.1, -0.05) is 114 Å². The van der Waals surface area contributed by atoms with Gasteiger partial charge in [0.15, 0.2) is 18.7 Å². The summed E-state index contributed by atoms with van der Waals surface area (Å²) in [6, 6.07) is 0. The lowest BCUT2D eigenvalue weighted by Crippen LogP contribution is -2.61. The van der Waals surface area contributed by atoms with Crippen molar-refractivity contribution in [3.8, 4) is 0 Å². The maximum atomic E-state index is 12.9. The Kier molecular flexibility index (Phi) is 28.6. The predicted molar refractivity (Wildman–Crippen MR) is 217 cm³/mol. The monoisotopic (exact) mass is 860 g/mol. The summed E-state index contributed by atoms with van der Waals surface area (Å²) in [5, 5.41) is 81.8. The van der Waals surface area contributed by atoms with Gasteiger partial charge in [-0.15, -0.1) is 0 Å². The van der Waals surface area contributed by atoms with Gasteiger partial charge in [0.25, 0.3) is 0 Å². The van der Waals surface area contributed by atoms with Crippen molar-refractivity contribution >= 4 is 18.2 Å².